The van der Waals surface area contributed by atoms with Crippen LogP contribution in [0.2, 0.25) is 0 Å². The summed E-state index contributed by atoms with van der Waals surface area (Å²) in [5, 5.41) is 3.70. The summed E-state index contributed by atoms with van der Waals surface area (Å²) in [6.45, 7) is 10.2. The molecule has 0 aromatic heterocycles. The van der Waals surface area contributed by atoms with Crippen LogP contribution < -0.4 is 10.1 Å². The van der Waals surface area contributed by atoms with Crippen LogP contribution in [0.25, 0.3) is 0 Å². The van der Waals surface area contributed by atoms with Crippen molar-refractivity contribution in [3.8, 4) is 5.75 Å². The standard InChI is InChI=1S/C18H30N2O/c1-5-16-13-20(17(11-19-16)9-14(2)3)12-15-7-6-8-18(10-15)21-4/h6-8,10,14,16-17,19H,5,9,11-13H2,1-4H3. The smallest absolute Gasteiger partial charge is 0.119 e. The third-order valence-electron chi connectivity index (χ3n) is 4.37. The maximum atomic E-state index is 5.35. The van der Waals surface area contributed by atoms with Gasteiger partial charge in [-0.1, -0.05) is 32.9 Å². The Bertz CT molecular complexity index is 433. The first kappa shape index (κ1) is 16.3. The Kier molecular flexibility index (Phi) is 6.07. The second-order valence-electron chi connectivity index (χ2n) is 6.58. The Morgan fingerprint density at radius 3 is 2.86 bits per heavy atom. The summed E-state index contributed by atoms with van der Waals surface area (Å²) in [6, 6.07) is 9.73. The van der Waals surface area contributed by atoms with Crippen molar-refractivity contribution < 1.29 is 4.74 Å². The van der Waals surface area contributed by atoms with Gasteiger partial charge >= 0.3 is 0 Å². The van der Waals surface area contributed by atoms with Gasteiger partial charge < -0.3 is 10.1 Å². The monoisotopic (exact) mass is 290 g/mol. The minimum atomic E-state index is 0.624. The highest BCUT2D eigenvalue weighted by Gasteiger charge is 2.27. The van der Waals surface area contributed by atoms with Crippen molar-refractivity contribution in [1.82, 2.24) is 10.2 Å². The van der Waals surface area contributed by atoms with E-state index in [4.69, 9.17) is 4.74 Å². The van der Waals surface area contributed by atoms with Crippen LogP contribution in [0.4, 0.5) is 0 Å². The number of hydrogen-bond donors (Lipinski definition) is 1. The summed E-state index contributed by atoms with van der Waals surface area (Å²) in [4.78, 5) is 2.65. The van der Waals surface area contributed by atoms with Crippen molar-refractivity contribution in [3.63, 3.8) is 0 Å². The average Bonchev–Trinajstić information content (AvgIpc) is 2.48. The molecule has 0 radical (unpaired) electrons. The molecule has 2 rings (SSSR count). The first-order valence-electron chi connectivity index (χ1n) is 8.22. The van der Waals surface area contributed by atoms with Crippen LogP contribution in [-0.4, -0.2) is 37.2 Å². The molecule has 0 spiro atoms. The van der Waals surface area contributed by atoms with E-state index in [1.165, 1.54) is 18.4 Å². The Labute approximate surface area is 129 Å². The SMILES string of the molecule is CCC1CN(Cc2cccc(OC)c2)C(CC(C)C)CN1. The van der Waals surface area contributed by atoms with Crippen molar-refractivity contribution in [2.24, 2.45) is 5.92 Å². The van der Waals surface area contributed by atoms with Gasteiger partial charge in [-0.25, -0.2) is 0 Å². The van der Waals surface area contributed by atoms with Crippen LogP contribution in [-0.2, 0) is 6.54 Å². The Morgan fingerprint density at radius 1 is 1.38 bits per heavy atom. The number of nitrogens with one attached hydrogen (secondary N) is 1. The van der Waals surface area contributed by atoms with E-state index in [2.05, 4.69) is 49.2 Å². The minimum Gasteiger partial charge on any atom is -0.497 e. The first-order valence-corrected chi connectivity index (χ1v) is 8.22. The van der Waals surface area contributed by atoms with E-state index in [9.17, 15) is 0 Å². The topological polar surface area (TPSA) is 24.5 Å². The predicted molar refractivity (Wildman–Crippen MR) is 88.7 cm³/mol. The fourth-order valence-corrected chi connectivity index (χ4v) is 3.18. The largest absolute Gasteiger partial charge is 0.497 e. The molecule has 1 fully saturated rings. The number of piperazine rings is 1. The molecule has 118 valence electrons. The molecule has 0 amide bonds. The number of benzene rings is 1. The average molecular weight is 290 g/mol. The van der Waals surface area contributed by atoms with Gasteiger partial charge in [-0.05, 0) is 36.5 Å². The zero-order valence-corrected chi connectivity index (χ0v) is 13.9. The van der Waals surface area contributed by atoms with Gasteiger partial charge in [0.05, 0.1) is 7.11 Å². The van der Waals surface area contributed by atoms with Crippen LogP contribution in [0.15, 0.2) is 24.3 Å². The molecule has 3 heteroatoms. The second-order valence-corrected chi connectivity index (χ2v) is 6.58. The van der Waals surface area contributed by atoms with Crippen LogP contribution in [0.1, 0.15) is 39.2 Å². The quantitative estimate of drug-likeness (QED) is 0.870. The number of ether oxygens (including phenoxy) is 1. The summed E-state index contributed by atoms with van der Waals surface area (Å²) in [5.41, 5.74) is 1.35. The number of rotatable bonds is 6. The Morgan fingerprint density at radius 2 is 2.19 bits per heavy atom. The molecule has 1 N–H and O–H groups in total. The van der Waals surface area contributed by atoms with Crippen LogP contribution in [0.3, 0.4) is 0 Å². The van der Waals surface area contributed by atoms with Crippen molar-refractivity contribution >= 4 is 0 Å². The molecule has 1 saturated heterocycles. The molecule has 3 nitrogen and oxygen atoms in total. The van der Waals surface area contributed by atoms with Gasteiger partial charge in [0.25, 0.3) is 0 Å². The summed E-state index contributed by atoms with van der Waals surface area (Å²) in [6.07, 6.45) is 2.45. The first-order chi connectivity index (χ1) is 10.1. The molecular weight excluding hydrogens is 260 g/mol. The molecule has 1 aliphatic heterocycles. The van der Waals surface area contributed by atoms with Gasteiger partial charge in [0.15, 0.2) is 0 Å². The van der Waals surface area contributed by atoms with Gasteiger partial charge in [0.2, 0.25) is 0 Å². The van der Waals surface area contributed by atoms with Crippen LogP contribution >= 0.6 is 0 Å². The number of nitrogens with zero attached hydrogens (tertiary/aromatic N) is 1. The molecule has 0 bridgehead atoms. The van der Waals surface area contributed by atoms with Crippen molar-refractivity contribution in [1.29, 1.82) is 0 Å². The lowest BCUT2D eigenvalue weighted by Crippen LogP contribution is -2.56. The highest BCUT2D eigenvalue weighted by Crippen LogP contribution is 2.21. The summed E-state index contributed by atoms with van der Waals surface area (Å²) in [5.74, 6) is 1.69. The van der Waals surface area contributed by atoms with E-state index >= 15 is 0 Å². The molecule has 2 atom stereocenters. The molecule has 1 aromatic carbocycles. The normalized spacial score (nSPS) is 23.5. The predicted octanol–water partition coefficient (Wildman–Crippen LogP) is 3.29. The van der Waals surface area contributed by atoms with E-state index in [-0.39, 0.29) is 0 Å². The van der Waals surface area contributed by atoms with Crippen LogP contribution in [0.5, 0.6) is 5.75 Å². The second kappa shape index (κ2) is 7.81. The highest BCUT2D eigenvalue weighted by molar-refractivity contribution is 5.28. The zero-order valence-electron chi connectivity index (χ0n) is 13.9. The fourth-order valence-electron chi connectivity index (χ4n) is 3.18. The van der Waals surface area contributed by atoms with E-state index in [1.807, 2.05) is 6.07 Å². The van der Waals surface area contributed by atoms with Crippen molar-refractivity contribution in [3.05, 3.63) is 29.8 Å². The third kappa shape index (κ3) is 4.72. The lowest BCUT2D eigenvalue weighted by atomic mass is 9.97. The molecule has 1 heterocycles. The Hall–Kier alpha value is -1.06. The highest BCUT2D eigenvalue weighted by atomic mass is 16.5. The van der Waals surface area contributed by atoms with Gasteiger partial charge in [-0.2, -0.15) is 0 Å². The maximum absolute atomic E-state index is 5.35. The summed E-state index contributed by atoms with van der Waals surface area (Å²) in [7, 11) is 1.73. The minimum absolute atomic E-state index is 0.624. The Balaban J connectivity index is 2.07. The van der Waals surface area contributed by atoms with Gasteiger partial charge in [0, 0.05) is 31.7 Å². The molecule has 0 aliphatic carbocycles. The fraction of sp³-hybridized carbons (Fsp3) is 0.667. The molecular formula is C18H30N2O. The van der Waals surface area contributed by atoms with Crippen LogP contribution in [0, 0.1) is 5.92 Å². The summed E-state index contributed by atoms with van der Waals surface area (Å²) >= 11 is 0. The molecule has 1 aromatic rings. The molecule has 2 unspecified atom stereocenters. The van der Waals surface area contributed by atoms with Gasteiger partial charge in [0.1, 0.15) is 5.75 Å². The van der Waals surface area contributed by atoms with E-state index in [0.29, 0.717) is 12.1 Å². The van der Waals surface area contributed by atoms with Gasteiger partial charge in [-0.15, -0.1) is 0 Å². The van der Waals surface area contributed by atoms with E-state index in [1.54, 1.807) is 7.11 Å². The number of hydrogen-bond acceptors (Lipinski definition) is 3. The van der Waals surface area contributed by atoms with E-state index in [0.717, 1.165) is 31.3 Å². The molecule has 0 saturated carbocycles. The summed E-state index contributed by atoms with van der Waals surface area (Å²) < 4.78 is 5.35. The molecule has 21 heavy (non-hydrogen) atoms. The number of methoxy groups -OCH3 is 1. The lowest BCUT2D eigenvalue weighted by molar-refractivity contribution is 0.105. The zero-order chi connectivity index (χ0) is 15.2. The maximum Gasteiger partial charge on any atom is 0.119 e. The molecule has 1 aliphatic rings. The third-order valence-corrected chi connectivity index (χ3v) is 4.37. The van der Waals surface area contributed by atoms with Crippen molar-refractivity contribution in [2.45, 2.75) is 52.2 Å². The van der Waals surface area contributed by atoms with Gasteiger partial charge in [-0.3, -0.25) is 4.90 Å². The van der Waals surface area contributed by atoms with Crippen molar-refractivity contribution in [2.75, 3.05) is 20.2 Å². The lowest BCUT2D eigenvalue weighted by Gasteiger charge is -2.41. The van der Waals surface area contributed by atoms with E-state index < -0.39 is 0 Å².